The van der Waals surface area contributed by atoms with Crippen LogP contribution < -0.4 is 11.1 Å². The molecular formula is C11H18N4S. The van der Waals surface area contributed by atoms with Gasteiger partial charge in [0.15, 0.2) is 0 Å². The molecule has 1 saturated carbocycles. The summed E-state index contributed by atoms with van der Waals surface area (Å²) in [5, 5.41) is 4.26. The summed E-state index contributed by atoms with van der Waals surface area (Å²) in [6, 6.07) is 0.543. The quantitative estimate of drug-likeness (QED) is 0.844. The molecule has 0 saturated heterocycles. The van der Waals surface area contributed by atoms with Crippen molar-refractivity contribution in [3.8, 4) is 0 Å². The molecule has 1 aromatic heterocycles. The van der Waals surface area contributed by atoms with Crippen molar-refractivity contribution in [1.29, 1.82) is 0 Å². The zero-order chi connectivity index (χ0) is 11.4. The van der Waals surface area contributed by atoms with Crippen molar-refractivity contribution < 1.29 is 0 Å². The second-order valence-corrected chi connectivity index (χ2v) is 5.32. The van der Waals surface area contributed by atoms with Crippen LogP contribution >= 0.6 is 11.8 Å². The van der Waals surface area contributed by atoms with Gasteiger partial charge in [0.05, 0.1) is 12.4 Å². The van der Waals surface area contributed by atoms with Gasteiger partial charge in [-0.3, -0.25) is 0 Å². The molecule has 1 fully saturated rings. The van der Waals surface area contributed by atoms with E-state index in [0.717, 1.165) is 11.1 Å². The number of anilines is 2. The third-order valence-electron chi connectivity index (χ3n) is 3.03. The van der Waals surface area contributed by atoms with Crippen molar-refractivity contribution in [2.24, 2.45) is 0 Å². The van der Waals surface area contributed by atoms with Gasteiger partial charge in [0.25, 0.3) is 0 Å². The summed E-state index contributed by atoms with van der Waals surface area (Å²) in [6.07, 6.45) is 10.5. The second kappa shape index (κ2) is 5.39. The highest BCUT2D eigenvalue weighted by Gasteiger charge is 2.20. The summed E-state index contributed by atoms with van der Waals surface area (Å²) in [6.45, 7) is 0. The van der Waals surface area contributed by atoms with E-state index in [9.17, 15) is 0 Å². The number of thioether (sulfide) groups is 1. The Kier molecular flexibility index (Phi) is 3.88. The topological polar surface area (TPSA) is 63.8 Å². The molecule has 1 aliphatic carbocycles. The number of aromatic nitrogens is 2. The summed E-state index contributed by atoms with van der Waals surface area (Å²) in [5.74, 6) is 1.30. The van der Waals surface area contributed by atoms with E-state index < -0.39 is 0 Å². The van der Waals surface area contributed by atoms with E-state index in [-0.39, 0.29) is 0 Å². The number of nitrogen functional groups attached to an aromatic ring is 1. The lowest BCUT2D eigenvalue weighted by atomic mass is 9.95. The highest BCUT2D eigenvalue weighted by atomic mass is 32.2. The Labute approximate surface area is 100 Å². The summed E-state index contributed by atoms with van der Waals surface area (Å²) >= 11 is 1.98. The molecule has 0 bridgehead atoms. The summed E-state index contributed by atoms with van der Waals surface area (Å²) in [4.78, 5) is 8.23. The molecule has 0 atom stereocenters. The molecule has 5 heteroatoms. The van der Waals surface area contributed by atoms with Crippen molar-refractivity contribution in [3.05, 3.63) is 12.4 Å². The van der Waals surface area contributed by atoms with Gasteiger partial charge in [0.1, 0.15) is 11.6 Å². The number of nitrogens with zero attached hydrogens (tertiary/aromatic N) is 2. The smallest absolute Gasteiger partial charge is 0.144 e. The van der Waals surface area contributed by atoms with Gasteiger partial charge in [-0.25, -0.2) is 9.97 Å². The molecule has 16 heavy (non-hydrogen) atoms. The highest BCUT2D eigenvalue weighted by Crippen LogP contribution is 2.28. The Morgan fingerprint density at radius 3 is 2.56 bits per heavy atom. The Hall–Kier alpha value is -0.970. The monoisotopic (exact) mass is 238 g/mol. The van der Waals surface area contributed by atoms with Crippen molar-refractivity contribution in [2.45, 2.75) is 37.0 Å². The number of nitrogens with two attached hydrogens (primary N) is 1. The highest BCUT2D eigenvalue weighted by molar-refractivity contribution is 7.99. The first kappa shape index (κ1) is 11.5. The van der Waals surface area contributed by atoms with Gasteiger partial charge in [-0.1, -0.05) is 0 Å². The largest absolute Gasteiger partial charge is 0.382 e. The Morgan fingerprint density at radius 1 is 1.25 bits per heavy atom. The van der Waals surface area contributed by atoms with Crippen LogP contribution in [-0.2, 0) is 0 Å². The first-order chi connectivity index (χ1) is 7.78. The molecule has 0 spiro atoms. The lowest BCUT2D eigenvalue weighted by molar-refractivity contribution is 0.472. The van der Waals surface area contributed by atoms with Gasteiger partial charge in [0.2, 0.25) is 0 Å². The number of nitrogens with one attached hydrogen (secondary N) is 1. The zero-order valence-electron chi connectivity index (χ0n) is 9.52. The second-order valence-electron chi connectivity index (χ2n) is 4.18. The third-order valence-corrected chi connectivity index (χ3v) is 4.17. The van der Waals surface area contributed by atoms with Crippen LogP contribution in [0.1, 0.15) is 25.7 Å². The first-order valence-corrected chi connectivity index (χ1v) is 6.93. The molecule has 88 valence electrons. The van der Waals surface area contributed by atoms with Crippen LogP contribution in [0.4, 0.5) is 11.6 Å². The van der Waals surface area contributed by atoms with Crippen LogP contribution in [0.2, 0.25) is 0 Å². The SMILES string of the molecule is CSC1CCC(Nc2cnc(N)cn2)CC1. The number of hydrogen-bond donors (Lipinski definition) is 2. The fourth-order valence-corrected chi connectivity index (χ4v) is 2.81. The maximum atomic E-state index is 5.49. The van der Waals surface area contributed by atoms with Gasteiger partial charge in [0, 0.05) is 11.3 Å². The third kappa shape index (κ3) is 3.01. The van der Waals surface area contributed by atoms with Crippen LogP contribution in [-0.4, -0.2) is 27.5 Å². The van der Waals surface area contributed by atoms with E-state index in [1.165, 1.54) is 25.7 Å². The van der Waals surface area contributed by atoms with Crippen molar-refractivity contribution in [3.63, 3.8) is 0 Å². The molecular weight excluding hydrogens is 220 g/mol. The molecule has 3 N–H and O–H groups in total. The van der Waals surface area contributed by atoms with Crippen molar-refractivity contribution in [2.75, 3.05) is 17.3 Å². The van der Waals surface area contributed by atoms with Gasteiger partial charge in [-0.05, 0) is 31.9 Å². The van der Waals surface area contributed by atoms with E-state index in [1.54, 1.807) is 12.4 Å². The molecule has 0 radical (unpaired) electrons. The van der Waals surface area contributed by atoms with E-state index in [1.807, 2.05) is 11.8 Å². The van der Waals surface area contributed by atoms with Crippen LogP contribution in [0.5, 0.6) is 0 Å². The summed E-state index contributed by atoms with van der Waals surface area (Å²) in [7, 11) is 0. The number of hydrogen-bond acceptors (Lipinski definition) is 5. The average molecular weight is 238 g/mol. The molecule has 0 aliphatic heterocycles. The minimum Gasteiger partial charge on any atom is -0.382 e. The maximum absolute atomic E-state index is 5.49. The fraction of sp³-hybridized carbons (Fsp3) is 0.636. The fourth-order valence-electron chi connectivity index (χ4n) is 2.06. The molecule has 1 aromatic rings. The van der Waals surface area contributed by atoms with Crippen LogP contribution in [0.3, 0.4) is 0 Å². The van der Waals surface area contributed by atoms with E-state index >= 15 is 0 Å². The summed E-state index contributed by atoms with van der Waals surface area (Å²) in [5.41, 5.74) is 5.49. The minimum atomic E-state index is 0.469. The number of rotatable bonds is 3. The Balaban J connectivity index is 1.84. The molecule has 2 rings (SSSR count). The van der Waals surface area contributed by atoms with E-state index in [4.69, 9.17) is 5.73 Å². The zero-order valence-corrected chi connectivity index (χ0v) is 10.3. The molecule has 0 unspecified atom stereocenters. The van der Waals surface area contributed by atoms with E-state index in [2.05, 4.69) is 21.5 Å². The average Bonchev–Trinajstić information content (AvgIpc) is 2.33. The molecule has 0 amide bonds. The predicted molar refractivity (Wildman–Crippen MR) is 69.6 cm³/mol. The Bertz CT molecular complexity index is 319. The van der Waals surface area contributed by atoms with Gasteiger partial charge < -0.3 is 11.1 Å². The van der Waals surface area contributed by atoms with Gasteiger partial charge >= 0.3 is 0 Å². The predicted octanol–water partition coefficient (Wildman–Crippen LogP) is 2.14. The maximum Gasteiger partial charge on any atom is 0.144 e. The minimum absolute atomic E-state index is 0.469. The van der Waals surface area contributed by atoms with Crippen LogP contribution in [0.15, 0.2) is 12.4 Å². The van der Waals surface area contributed by atoms with E-state index in [0.29, 0.717) is 11.9 Å². The van der Waals surface area contributed by atoms with Crippen LogP contribution in [0.25, 0.3) is 0 Å². The van der Waals surface area contributed by atoms with Crippen LogP contribution in [0, 0.1) is 0 Å². The van der Waals surface area contributed by atoms with Gasteiger partial charge in [-0.2, -0.15) is 11.8 Å². The Morgan fingerprint density at radius 2 is 2.00 bits per heavy atom. The normalized spacial score (nSPS) is 25.3. The lowest BCUT2D eigenvalue weighted by Crippen LogP contribution is -2.27. The van der Waals surface area contributed by atoms with Gasteiger partial charge in [-0.15, -0.1) is 0 Å². The van der Waals surface area contributed by atoms with Crippen molar-refractivity contribution in [1.82, 2.24) is 9.97 Å². The standard InChI is InChI=1S/C11H18N4S/c1-16-9-4-2-8(3-5-9)15-11-7-13-10(12)6-14-11/h6-9H,2-5H2,1H3,(H2,12,13)(H,14,15). The molecule has 0 aromatic carbocycles. The van der Waals surface area contributed by atoms with Crippen molar-refractivity contribution >= 4 is 23.4 Å². The molecule has 1 aliphatic rings. The molecule has 4 nitrogen and oxygen atoms in total. The first-order valence-electron chi connectivity index (χ1n) is 5.65. The molecule has 1 heterocycles. The summed E-state index contributed by atoms with van der Waals surface area (Å²) < 4.78 is 0. The lowest BCUT2D eigenvalue weighted by Gasteiger charge is -2.28.